The zero-order valence-corrected chi connectivity index (χ0v) is 19.5. The maximum atomic E-state index is 12.6. The van der Waals surface area contributed by atoms with Crippen molar-refractivity contribution in [3.8, 4) is 16.9 Å². The highest BCUT2D eigenvalue weighted by atomic mass is 16.3. The van der Waals surface area contributed by atoms with Crippen LogP contribution in [0, 0.1) is 0 Å². The van der Waals surface area contributed by atoms with Gasteiger partial charge in [0.15, 0.2) is 0 Å². The van der Waals surface area contributed by atoms with E-state index in [0.29, 0.717) is 11.6 Å². The Bertz CT molecular complexity index is 1100. The number of piperazine rings is 1. The lowest BCUT2D eigenvalue weighted by Gasteiger charge is -2.34. The van der Waals surface area contributed by atoms with Crippen LogP contribution in [0.25, 0.3) is 11.1 Å². The standard InChI is InChI=1S/C28H32N4O/c1-3-30(4-2)22-14-13-21(27(33)19-22)20-29-32-17-15-31(16-18-32)28-25-11-7-5-9-23(25)24-10-6-8-12-26(24)28/h5-14,19-20,28,33H,3-4,15-18H2,1-2H3. The highest BCUT2D eigenvalue weighted by Gasteiger charge is 2.37. The van der Waals surface area contributed by atoms with Crippen LogP contribution < -0.4 is 14.9 Å². The second kappa shape index (κ2) is 9.28. The number of hydrazone groups is 1. The van der Waals surface area contributed by atoms with Gasteiger partial charge in [-0.3, -0.25) is 5.01 Å². The van der Waals surface area contributed by atoms with Crippen molar-refractivity contribution in [3.05, 3.63) is 83.4 Å². The van der Waals surface area contributed by atoms with Crippen LogP contribution in [0.2, 0.25) is 0 Å². The van der Waals surface area contributed by atoms with E-state index in [2.05, 4.69) is 77.4 Å². The Kier molecular flexibility index (Phi) is 6.05. The largest absolute Gasteiger partial charge is 0.872 e. The number of hydrogen-bond acceptors (Lipinski definition) is 4. The van der Waals surface area contributed by atoms with E-state index in [0.717, 1.165) is 45.0 Å². The molecule has 0 atom stereocenters. The van der Waals surface area contributed by atoms with Gasteiger partial charge in [0.1, 0.15) is 6.04 Å². The van der Waals surface area contributed by atoms with E-state index >= 15 is 0 Å². The molecule has 3 aromatic rings. The second-order valence-corrected chi connectivity index (χ2v) is 8.86. The smallest absolute Gasteiger partial charge is 0.140 e. The molecule has 1 saturated heterocycles. The minimum atomic E-state index is 0.0339. The Morgan fingerprint density at radius 1 is 0.939 bits per heavy atom. The SMILES string of the molecule is CCN(CC)c1ccc(C=NN2CC[NH+](C3c4ccccc4-c4ccccc43)CC2)c([O-])c1. The van der Waals surface area contributed by atoms with Crippen molar-refractivity contribution in [2.45, 2.75) is 19.9 Å². The molecule has 0 radical (unpaired) electrons. The van der Waals surface area contributed by atoms with E-state index in [9.17, 15) is 5.11 Å². The quantitative estimate of drug-likeness (QED) is 0.600. The predicted octanol–water partition coefficient (Wildman–Crippen LogP) is 2.91. The number of anilines is 1. The molecule has 1 N–H and O–H groups in total. The summed E-state index contributed by atoms with van der Waals surface area (Å²) in [5.74, 6) is 0.0339. The van der Waals surface area contributed by atoms with Crippen LogP contribution in [-0.2, 0) is 0 Å². The van der Waals surface area contributed by atoms with Crippen molar-refractivity contribution in [2.24, 2.45) is 5.10 Å². The summed E-state index contributed by atoms with van der Waals surface area (Å²) >= 11 is 0. The molecule has 0 aromatic heterocycles. The van der Waals surface area contributed by atoms with Crippen LogP contribution in [-0.4, -0.2) is 50.5 Å². The highest BCUT2D eigenvalue weighted by Crippen LogP contribution is 2.41. The molecule has 33 heavy (non-hydrogen) atoms. The summed E-state index contributed by atoms with van der Waals surface area (Å²) in [5, 5.41) is 19.3. The first-order chi connectivity index (χ1) is 16.2. The number of benzene rings is 3. The number of hydrogen-bond donors (Lipinski definition) is 1. The summed E-state index contributed by atoms with van der Waals surface area (Å²) in [6.07, 6.45) is 1.74. The van der Waals surface area contributed by atoms with Crippen LogP contribution in [0.4, 0.5) is 5.69 Å². The maximum Gasteiger partial charge on any atom is 0.140 e. The normalized spacial score (nSPS) is 16.2. The molecule has 0 amide bonds. The Balaban J connectivity index is 1.26. The first-order valence-corrected chi connectivity index (χ1v) is 12.1. The van der Waals surface area contributed by atoms with Gasteiger partial charge in [-0.25, -0.2) is 0 Å². The Labute approximate surface area is 196 Å². The fourth-order valence-corrected chi connectivity index (χ4v) is 5.34. The predicted molar refractivity (Wildman–Crippen MR) is 133 cm³/mol. The molecule has 5 rings (SSSR count). The summed E-state index contributed by atoms with van der Waals surface area (Å²) < 4.78 is 0. The first kappa shape index (κ1) is 21.5. The molecule has 3 aromatic carbocycles. The van der Waals surface area contributed by atoms with E-state index in [1.807, 2.05) is 12.1 Å². The molecule has 5 heteroatoms. The third-order valence-corrected chi connectivity index (χ3v) is 7.11. The summed E-state index contributed by atoms with van der Waals surface area (Å²) in [4.78, 5) is 3.77. The van der Waals surface area contributed by atoms with Crippen LogP contribution in [0.15, 0.2) is 71.8 Å². The zero-order valence-electron chi connectivity index (χ0n) is 19.5. The summed E-state index contributed by atoms with van der Waals surface area (Å²) in [7, 11) is 0. The number of nitrogens with one attached hydrogen (secondary N) is 1. The Morgan fingerprint density at radius 3 is 2.12 bits per heavy atom. The zero-order chi connectivity index (χ0) is 22.8. The molecule has 2 aliphatic rings. The molecule has 0 unspecified atom stereocenters. The van der Waals surface area contributed by atoms with Gasteiger partial charge >= 0.3 is 0 Å². The number of nitrogens with zero attached hydrogens (tertiary/aromatic N) is 3. The molecular formula is C28H32N4O. The molecule has 0 spiro atoms. The van der Waals surface area contributed by atoms with Gasteiger partial charge in [0.2, 0.25) is 0 Å². The van der Waals surface area contributed by atoms with Crippen LogP contribution in [0.3, 0.4) is 0 Å². The van der Waals surface area contributed by atoms with Gasteiger partial charge in [-0.05, 0) is 42.7 Å². The summed E-state index contributed by atoms with van der Waals surface area (Å²) in [5.41, 5.74) is 7.27. The Hall–Kier alpha value is -3.31. The molecule has 170 valence electrons. The average molecular weight is 441 g/mol. The van der Waals surface area contributed by atoms with Crippen LogP contribution >= 0.6 is 0 Å². The number of rotatable bonds is 6. The van der Waals surface area contributed by atoms with Crippen molar-refractivity contribution >= 4 is 11.9 Å². The molecule has 5 nitrogen and oxygen atoms in total. The minimum Gasteiger partial charge on any atom is -0.872 e. The van der Waals surface area contributed by atoms with Crippen molar-refractivity contribution in [1.82, 2.24) is 5.01 Å². The molecule has 1 aliphatic heterocycles. The molecule has 1 fully saturated rings. The molecular weight excluding hydrogens is 408 g/mol. The first-order valence-electron chi connectivity index (χ1n) is 12.1. The van der Waals surface area contributed by atoms with Gasteiger partial charge < -0.3 is 14.9 Å². The highest BCUT2D eigenvalue weighted by molar-refractivity contribution is 5.84. The number of fused-ring (bicyclic) bond motifs is 3. The molecule has 1 heterocycles. The molecule has 1 aliphatic carbocycles. The monoisotopic (exact) mass is 440 g/mol. The third kappa shape index (κ3) is 4.09. The lowest BCUT2D eigenvalue weighted by molar-refractivity contribution is -0.929. The summed E-state index contributed by atoms with van der Waals surface area (Å²) in [6.45, 7) is 9.82. The van der Waals surface area contributed by atoms with Gasteiger partial charge in [0, 0.05) is 29.9 Å². The average Bonchev–Trinajstić information content (AvgIpc) is 3.19. The van der Waals surface area contributed by atoms with E-state index in [-0.39, 0.29) is 5.75 Å². The van der Waals surface area contributed by atoms with E-state index < -0.39 is 0 Å². The third-order valence-electron chi connectivity index (χ3n) is 7.11. The van der Waals surface area contributed by atoms with Crippen LogP contribution in [0.1, 0.15) is 36.6 Å². The van der Waals surface area contributed by atoms with E-state index in [4.69, 9.17) is 0 Å². The van der Waals surface area contributed by atoms with Crippen LogP contribution in [0.5, 0.6) is 5.75 Å². The van der Waals surface area contributed by atoms with Crippen molar-refractivity contribution < 1.29 is 10.0 Å². The lowest BCUT2D eigenvalue weighted by atomic mass is 10.0. The maximum absolute atomic E-state index is 12.6. The van der Waals surface area contributed by atoms with Gasteiger partial charge in [0.25, 0.3) is 0 Å². The number of quaternary nitrogens is 1. The van der Waals surface area contributed by atoms with Crippen molar-refractivity contribution in [3.63, 3.8) is 0 Å². The van der Waals surface area contributed by atoms with E-state index in [1.54, 1.807) is 17.2 Å². The Morgan fingerprint density at radius 2 is 1.55 bits per heavy atom. The van der Waals surface area contributed by atoms with Gasteiger partial charge in [-0.15, -0.1) is 0 Å². The minimum absolute atomic E-state index is 0.0339. The molecule has 0 saturated carbocycles. The van der Waals surface area contributed by atoms with Gasteiger partial charge in [0.05, 0.1) is 32.4 Å². The lowest BCUT2D eigenvalue weighted by Crippen LogP contribution is -3.14. The second-order valence-electron chi connectivity index (χ2n) is 8.86. The van der Waals surface area contributed by atoms with Gasteiger partial charge in [-0.2, -0.15) is 5.10 Å². The fraction of sp³-hybridized carbons (Fsp3) is 0.321. The van der Waals surface area contributed by atoms with Crippen molar-refractivity contribution in [2.75, 3.05) is 44.2 Å². The molecule has 0 bridgehead atoms. The fourth-order valence-electron chi connectivity index (χ4n) is 5.34. The van der Waals surface area contributed by atoms with Crippen molar-refractivity contribution in [1.29, 1.82) is 0 Å². The topological polar surface area (TPSA) is 46.3 Å². The van der Waals surface area contributed by atoms with Gasteiger partial charge in [-0.1, -0.05) is 60.3 Å². The van der Waals surface area contributed by atoms with E-state index in [1.165, 1.54) is 22.3 Å². The summed E-state index contributed by atoms with van der Waals surface area (Å²) in [6, 6.07) is 23.7.